The Hall–Kier alpha value is -3.49. The Balaban J connectivity index is 1.32. The lowest BCUT2D eigenvalue weighted by Gasteiger charge is -2.32. The summed E-state index contributed by atoms with van der Waals surface area (Å²) in [5.41, 5.74) is 2.85. The molecule has 2 aliphatic heterocycles. The van der Waals surface area contributed by atoms with Gasteiger partial charge in [0.1, 0.15) is 12.2 Å². The lowest BCUT2D eigenvalue weighted by molar-refractivity contribution is -0.120. The van der Waals surface area contributed by atoms with Crippen molar-refractivity contribution in [2.24, 2.45) is 5.92 Å². The molecule has 2 aliphatic rings. The lowest BCUT2D eigenvalue weighted by atomic mass is 9.97. The number of benzene rings is 1. The number of carbonyl (C=O) groups is 2. The Morgan fingerprint density at radius 3 is 2.73 bits per heavy atom. The Bertz CT molecular complexity index is 1170. The van der Waals surface area contributed by atoms with Crippen molar-refractivity contribution in [2.45, 2.75) is 45.1 Å². The fourth-order valence-corrected chi connectivity index (χ4v) is 4.79. The van der Waals surface area contributed by atoms with Gasteiger partial charge in [-0.2, -0.15) is 0 Å². The van der Waals surface area contributed by atoms with Crippen LogP contribution in [0.4, 0.5) is 11.5 Å². The van der Waals surface area contributed by atoms with Crippen molar-refractivity contribution >= 4 is 34.5 Å². The number of imidazole rings is 1. The van der Waals surface area contributed by atoms with Gasteiger partial charge in [0.25, 0.3) is 0 Å². The fourth-order valence-electron chi connectivity index (χ4n) is 4.79. The first kappa shape index (κ1) is 21.4. The summed E-state index contributed by atoms with van der Waals surface area (Å²) in [5.74, 6) is 1.32. The van der Waals surface area contributed by atoms with Gasteiger partial charge in [-0.15, -0.1) is 0 Å². The molecule has 0 aliphatic carbocycles. The third-order valence-corrected chi connectivity index (χ3v) is 6.54. The second kappa shape index (κ2) is 9.17. The van der Waals surface area contributed by atoms with Crippen LogP contribution in [0.1, 0.15) is 48.3 Å². The number of fused-ring (bicyclic) bond motifs is 3. The van der Waals surface area contributed by atoms with Crippen LogP contribution in [0.25, 0.3) is 11.2 Å². The third kappa shape index (κ3) is 4.27. The number of anilines is 2. The van der Waals surface area contributed by atoms with Crippen LogP contribution < -0.4 is 10.2 Å². The maximum absolute atomic E-state index is 13.0. The van der Waals surface area contributed by atoms with E-state index in [9.17, 15) is 9.59 Å². The third-order valence-electron chi connectivity index (χ3n) is 6.54. The number of carbonyl (C=O) groups excluding carboxylic acids is 2. The predicted octanol–water partition coefficient (Wildman–Crippen LogP) is 3.19. The zero-order valence-corrected chi connectivity index (χ0v) is 18.8. The maximum Gasteiger partial charge on any atom is 0.337 e. The molecule has 1 aromatic carbocycles. The molecule has 0 spiro atoms. The van der Waals surface area contributed by atoms with Crippen molar-refractivity contribution < 1.29 is 14.3 Å². The van der Waals surface area contributed by atoms with Crippen LogP contribution in [0, 0.1) is 5.92 Å². The van der Waals surface area contributed by atoms with E-state index in [0.717, 1.165) is 68.0 Å². The number of amides is 1. The maximum atomic E-state index is 13.0. The highest BCUT2D eigenvalue weighted by Crippen LogP contribution is 2.29. The summed E-state index contributed by atoms with van der Waals surface area (Å²) in [5, 5.41) is 2.98. The molecule has 0 saturated carbocycles. The average Bonchev–Trinajstić information content (AvgIpc) is 3.04. The zero-order chi connectivity index (χ0) is 22.8. The Morgan fingerprint density at radius 2 is 1.91 bits per heavy atom. The first-order valence-corrected chi connectivity index (χ1v) is 11.6. The molecule has 5 rings (SSSR count). The smallest absolute Gasteiger partial charge is 0.337 e. The minimum absolute atomic E-state index is 0.0311. The number of ether oxygens (including phenoxy) is 1. The highest BCUT2D eigenvalue weighted by molar-refractivity contribution is 5.95. The number of piperidine rings is 1. The highest BCUT2D eigenvalue weighted by atomic mass is 16.5. The second-order valence-electron chi connectivity index (χ2n) is 8.70. The number of hydrogen-bond acceptors (Lipinski definition) is 7. The van der Waals surface area contributed by atoms with Crippen LogP contribution in [0.5, 0.6) is 0 Å². The van der Waals surface area contributed by atoms with Gasteiger partial charge in [-0.3, -0.25) is 4.79 Å². The number of rotatable bonds is 4. The van der Waals surface area contributed by atoms with E-state index in [0.29, 0.717) is 17.8 Å². The number of aromatic nitrogens is 4. The molecule has 9 nitrogen and oxygen atoms in total. The molecule has 0 bridgehead atoms. The normalized spacial score (nSPS) is 18.5. The zero-order valence-electron chi connectivity index (χ0n) is 18.8. The van der Waals surface area contributed by atoms with E-state index < -0.39 is 5.97 Å². The minimum Gasteiger partial charge on any atom is -0.465 e. The predicted molar refractivity (Wildman–Crippen MR) is 124 cm³/mol. The van der Waals surface area contributed by atoms with E-state index in [4.69, 9.17) is 9.72 Å². The number of nitrogens with zero attached hydrogens (tertiary/aromatic N) is 5. The van der Waals surface area contributed by atoms with Gasteiger partial charge < -0.3 is 19.5 Å². The van der Waals surface area contributed by atoms with Crippen molar-refractivity contribution in [2.75, 3.05) is 30.4 Å². The molecule has 2 aromatic heterocycles. The van der Waals surface area contributed by atoms with Gasteiger partial charge in [0, 0.05) is 31.7 Å². The number of esters is 1. The molecule has 172 valence electrons. The van der Waals surface area contributed by atoms with E-state index in [1.165, 1.54) is 13.5 Å². The van der Waals surface area contributed by atoms with Crippen molar-refractivity contribution in [3.05, 3.63) is 42.0 Å². The van der Waals surface area contributed by atoms with E-state index in [1.54, 1.807) is 30.6 Å². The number of aryl methyl sites for hydroxylation is 2. The fraction of sp³-hybridized carbons (Fsp3) is 0.458. The molecular weight excluding hydrogens is 420 g/mol. The van der Waals surface area contributed by atoms with Gasteiger partial charge in [0.2, 0.25) is 5.91 Å². The van der Waals surface area contributed by atoms with Crippen LogP contribution >= 0.6 is 0 Å². The van der Waals surface area contributed by atoms with Crippen LogP contribution in [0.3, 0.4) is 0 Å². The van der Waals surface area contributed by atoms with Gasteiger partial charge in [-0.1, -0.05) is 6.42 Å². The molecule has 9 heteroatoms. The Kier molecular flexibility index (Phi) is 5.93. The molecule has 1 N–H and O–H groups in total. The van der Waals surface area contributed by atoms with Gasteiger partial charge in [-0.05, 0) is 49.9 Å². The van der Waals surface area contributed by atoms with Gasteiger partial charge in [-0.25, -0.2) is 19.7 Å². The van der Waals surface area contributed by atoms with E-state index >= 15 is 0 Å². The molecule has 1 fully saturated rings. The molecule has 1 atom stereocenters. The Labute approximate surface area is 192 Å². The van der Waals surface area contributed by atoms with Crippen LogP contribution in [-0.2, 0) is 22.5 Å². The number of methoxy groups -OCH3 is 1. The lowest BCUT2D eigenvalue weighted by Crippen LogP contribution is -2.41. The molecule has 1 saturated heterocycles. The summed E-state index contributed by atoms with van der Waals surface area (Å²) >= 11 is 0. The number of hydrogen-bond donors (Lipinski definition) is 1. The highest BCUT2D eigenvalue weighted by Gasteiger charge is 2.29. The quantitative estimate of drug-likeness (QED) is 0.612. The molecule has 4 heterocycles. The molecule has 1 unspecified atom stereocenters. The van der Waals surface area contributed by atoms with Crippen LogP contribution in [0.15, 0.2) is 30.6 Å². The summed E-state index contributed by atoms with van der Waals surface area (Å²) in [4.78, 5) is 40.8. The molecular formula is C24H28N6O3. The minimum atomic E-state index is -0.399. The monoisotopic (exact) mass is 448 g/mol. The van der Waals surface area contributed by atoms with Crippen molar-refractivity contribution in [1.29, 1.82) is 0 Å². The largest absolute Gasteiger partial charge is 0.465 e. The van der Waals surface area contributed by atoms with Crippen molar-refractivity contribution in [3.8, 4) is 0 Å². The summed E-state index contributed by atoms with van der Waals surface area (Å²) in [6.45, 7) is 2.37. The molecule has 1 amide bonds. The SMILES string of the molecule is COC(=O)c1ccc(NC(=O)C2CCCN(c3ncnc4c3nc3n4CCCCC3)C2)cc1. The summed E-state index contributed by atoms with van der Waals surface area (Å²) < 4.78 is 6.96. The standard InChI is InChI=1S/C24H28N6O3/c1-33-24(32)16-8-10-18(11-9-16)27-23(31)17-6-5-12-29(14-17)21-20-22(26-15-25-21)30-13-4-2-3-7-19(30)28-20/h8-11,15,17H,2-7,12-14H2,1H3,(H,27,31). The summed E-state index contributed by atoms with van der Waals surface area (Å²) in [6, 6.07) is 6.73. The average molecular weight is 449 g/mol. The first-order valence-electron chi connectivity index (χ1n) is 11.6. The van der Waals surface area contributed by atoms with Gasteiger partial charge in [0.05, 0.1) is 18.6 Å². The molecule has 3 aromatic rings. The summed E-state index contributed by atoms with van der Waals surface area (Å²) in [6.07, 6.45) is 7.81. The van der Waals surface area contributed by atoms with Gasteiger partial charge in [0.15, 0.2) is 17.0 Å². The Morgan fingerprint density at radius 1 is 1.06 bits per heavy atom. The van der Waals surface area contributed by atoms with E-state index in [1.807, 2.05) is 0 Å². The second-order valence-corrected chi connectivity index (χ2v) is 8.70. The van der Waals surface area contributed by atoms with Crippen LogP contribution in [0.2, 0.25) is 0 Å². The van der Waals surface area contributed by atoms with E-state index in [-0.39, 0.29) is 11.8 Å². The molecule has 0 radical (unpaired) electrons. The van der Waals surface area contributed by atoms with Crippen molar-refractivity contribution in [1.82, 2.24) is 19.5 Å². The van der Waals surface area contributed by atoms with Crippen LogP contribution in [-0.4, -0.2) is 51.6 Å². The van der Waals surface area contributed by atoms with Crippen molar-refractivity contribution in [3.63, 3.8) is 0 Å². The first-order chi connectivity index (χ1) is 16.1. The topological polar surface area (TPSA) is 102 Å². The van der Waals surface area contributed by atoms with Gasteiger partial charge >= 0.3 is 5.97 Å². The van der Waals surface area contributed by atoms with E-state index in [2.05, 4.69) is 24.8 Å². The number of nitrogens with one attached hydrogen (secondary N) is 1. The summed E-state index contributed by atoms with van der Waals surface area (Å²) in [7, 11) is 1.35. The molecule has 33 heavy (non-hydrogen) atoms.